The third-order valence-corrected chi connectivity index (χ3v) is 3.78. The third kappa shape index (κ3) is 3.67. The zero-order valence-corrected chi connectivity index (χ0v) is 11.1. The molecule has 0 aliphatic carbocycles. The Morgan fingerprint density at radius 2 is 2.00 bits per heavy atom. The fourth-order valence-electron chi connectivity index (χ4n) is 1.22. The number of rotatable bonds is 6. The first-order valence-corrected chi connectivity index (χ1v) is 6.76. The molecule has 1 unspecified atom stereocenters. The summed E-state index contributed by atoms with van der Waals surface area (Å²) in [5, 5.41) is 18.4. The first-order chi connectivity index (χ1) is 8.32. The van der Waals surface area contributed by atoms with Gasteiger partial charge in [-0.3, -0.25) is 0 Å². The lowest BCUT2D eigenvalue weighted by Crippen LogP contribution is -2.43. The van der Waals surface area contributed by atoms with Crippen LogP contribution < -0.4 is 9.46 Å². The highest BCUT2D eigenvalue weighted by Gasteiger charge is 2.25. The summed E-state index contributed by atoms with van der Waals surface area (Å²) in [5.74, 6) is 0.216. The van der Waals surface area contributed by atoms with Crippen LogP contribution in [0.15, 0.2) is 29.2 Å². The molecule has 1 rings (SSSR count). The average molecular weight is 275 g/mol. The Balaban J connectivity index is 2.94. The minimum absolute atomic E-state index is 0.0127. The molecule has 1 aromatic rings. The van der Waals surface area contributed by atoms with E-state index in [0.29, 0.717) is 0 Å². The SMILES string of the molecule is COc1ccccc1S(=O)(=O)NCC(C)(O)CO. The summed E-state index contributed by atoms with van der Waals surface area (Å²) in [6.45, 7) is 0.503. The highest BCUT2D eigenvalue weighted by atomic mass is 32.2. The lowest BCUT2D eigenvalue weighted by molar-refractivity contribution is 0.00680. The maximum Gasteiger partial charge on any atom is 0.244 e. The van der Waals surface area contributed by atoms with Crippen LogP contribution >= 0.6 is 0 Å². The van der Waals surface area contributed by atoms with Crippen LogP contribution in [0, 0.1) is 0 Å². The van der Waals surface area contributed by atoms with Crippen molar-refractivity contribution < 1.29 is 23.4 Å². The van der Waals surface area contributed by atoms with Crippen molar-refractivity contribution in [2.45, 2.75) is 17.4 Å². The summed E-state index contributed by atoms with van der Waals surface area (Å²) in [4.78, 5) is -0.0127. The molecular formula is C11H17NO5S. The van der Waals surface area contributed by atoms with E-state index < -0.39 is 22.2 Å². The molecule has 1 atom stereocenters. The van der Waals surface area contributed by atoms with Crippen molar-refractivity contribution in [3.8, 4) is 5.75 Å². The predicted octanol–water partition coefficient (Wildman–Crippen LogP) is -0.283. The molecule has 0 aromatic heterocycles. The van der Waals surface area contributed by atoms with Crippen molar-refractivity contribution >= 4 is 10.0 Å². The van der Waals surface area contributed by atoms with Crippen LogP contribution in [0.25, 0.3) is 0 Å². The minimum Gasteiger partial charge on any atom is -0.495 e. The molecule has 102 valence electrons. The first kappa shape index (κ1) is 14.9. The molecule has 0 heterocycles. The lowest BCUT2D eigenvalue weighted by Gasteiger charge is -2.20. The molecule has 0 aliphatic rings. The fourth-order valence-corrected chi connectivity index (χ4v) is 2.56. The Hall–Kier alpha value is -1.15. The number of aliphatic hydroxyl groups is 2. The Bertz CT molecular complexity index is 498. The number of aliphatic hydroxyl groups excluding tert-OH is 1. The Labute approximate surface area is 106 Å². The summed E-state index contributed by atoms with van der Waals surface area (Å²) < 4.78 is 31.2. The van der Waals surface area contributed by atoms with E-state index in [0.717, 1.165) is 0 Å². The molecule has 0 amide bonds. The van der Waals surface area contributed by atoms with Gasteiger partial charge in [-0.05, 0) is 19.1 Å². The second-order valence-corrected chi connectivity index (χ2v) is 5.87. The van der Waals surface area contributed by atoms with Gasteiger partial charge in [0.15, 0.2) is 0 Å². The van der Waals surface area contributed by atoms with E-state index >= 15 is 0 Å². The molecule has 0 radical (unpaired) electrons. The van der Waals surface area contributed by atoms with Gasteiger partial charge >= 0.3 is 0 Å². The van der Waals surface area contributed by atoms with E-state index in [9.17, 15) is 13.5 Å². The molecule has 0 saturated heterocycles. The van der Waals surface area contributed by atoms with Crippen molar-refractivity contribution in [1.82, 2.24) is 4.72 Å². The van der Waals surface area contributed by atoms with Crippen LogP contribution in [-0.4, -0.2) is 44.5 Å². The summed E-state index contributed by atoms with van der Waals surface area (Å²) >= 11 is 0. The molecular weight excluding hydrogens is 258 g/mol. The van der Waals surface area contributed by atoms with Crippen molar-refractivity contribution in [1.29, 1.82) is 0 Å². The number of methoxy groups -OCH3 is 1. The average Bonchev–Trinajstić information content (AvgIpc) is 2.37. The number of nitrogens with one attached hydrogen (secondary N) is 1. The van der Waals surface area contributed by atoms with Gasteiger partial charge in [0.2, 0.25) is 10.0 Å². The van der Waals surface area contributed by atoms with Crippen molar-refractivity contribution in [3.05, 3.63) is 24.3 Å². The number of para-hydroxylation sites is 1. The van der Waals surface area contributed by atoms with Gasteiger partial charge < -0.3 is 14.9 Å². The second-order valence-electron chi connectivity index (χ2n) is 4.13. The van der Waals surface area contributed by atoms with Gasteiger partial charge in [0.05, 0.1) is 19.3 Å². The van der Waals surface area contributed by atoms with Crippen molar-refractivity contribution in [2.24, 2.45) is 0 Å². The zero-order valence-electron chi connectivity index (χ0n) is 10.3. The van der Waals surface area contributed by atoms with E-state index in [-0.39, 0.29) is 17.2 Å². The molecule has 0 spiro atoms. The Morgan fingerprint density at radius 1 is 1.39 bits per heavy atom. The molecule has 1 aromatic carbocycles. The quantitative estimate of drug-likeness (QED) is 0.663. The molecule has 0 bridgehead atoms. The molecule has 0 fully saturated rings. The Kier molecular flexibility index (Phi) is 4.69. The summed E-state index contributed by atoms with van der Waals surface area (Å²) in [5.41, 5.74) is -1.50. The van der Waals surface area contributed by atoms with Gasteiger partial charge in [0, 0.05) is 6.54 Å². The van der Waals surface area contributed by atoms with E-state index in [1.54, 1.807) is 12.1 Å². The van der Waals surface area contributed by atoms with Crippen molar-refractivity contribution in [2.75, 3.05) is 20.3 Å². The molecule has 0 aliphatic heterocycles. The van der Waals surface area contributed by atoms with E-state index in [1.165, 1.54) is 26.2 Å². The Morgan fingerprint density at radius 3 is 2.56 bits per heavy atom. The maximum atomic E-state index is 12.0. The molecule has 18 heavy (non-hydrogen) atoms. The summed E-state index contributed by atoms with van der Waals surface area (Å²) in [7, 11) is -2.42. The van der Waals surface area contributed by atoms with E-state index in [2.05, 4.69) is 4.72 Å². The minimum atomic E-state index is -3.79. The molecule has 6 nitrogen and oxygen atoms in total. The van der Waals surface area contributed by atoms with Crippen LogP contribution in [0.5, 0.6) is 5.75 Å². The van der Waals surface area contributed by atoms with Gasteiger partial charge in [-0.25, -0.2) is 13.1 Å². The first-order valence-electron chi connectivity index (χ1n) is 5.28. The third-order valence-electron chi connectivity index (χ3n) is 2.34. The molecule has 3 N–H and O–H groups in total. The number of hydrogen-bond donors (Lipinski definition) is 3. The van der Waals surface area contributed by atoms with E-state index in [4.69, 9.17) is 9.84 Å². The van der Waals surface area contributed by atoms with Crippen LogP contribution in [0.2, 0.25) is 0 Å². The maximum absolute atomic E-state index is 12.0. The summed E-state index contributed by atoms with van der Waals surface area (Å²) in [6, 6.07) is 6.15. The smallest absolute Gasteiger partial charge is 0.244 e. The fraction of sp³-hybridized carbons (Fsp3) is 0.455. The molecule has 7 heteroatoms. The number of ether oxygens (including phenoxy) is 1. The highest BCUT2D eigenvalue weighted by Crippen LogP contribution is 2.22. The molecule has 0 saturated carbocycles. The van der Waals surface area contributed by atoms with Gasteiger partial charge in [0.1, 0.15) is 10.6 Å². The normalized spacial score (nSPS) is 15.1. The standard InChI is InChI=1S/C11H17NO5S/c1-11(14,8-13)7-12-18(15,16)10-6-4-3-5-9(10)17-2/h3-6,12-14H,7-8H2,1-2H3. The van der Waals surface area contributed by atoms with Gasteiger partial charge in [-0.2, -0.15) is 0 Å². The van der Waals surface area contributed by atoms with Crippen LogP contribution in [0.1, 0.15) is 6.92 Å². The largest absolute Gasteiger partial charge is 0.495 e. The lowest BCUT2D eigenvalue weighted by atomic mass is 10.1. The topological polar surface area (TPSA) is 95.9 Å². The van der Waals surface area contributed by atoms with E-state index in [1.807, 2.05) is 0 Å². The zero-order chi connectivity index (χ0) is 13.8. The monoisotopic (exact) mass is 275 g/mol. The number of benzene rings is 1. The van der Waals surface area contributed by atoms with Crippen LogP contribution in [0.4, 0.5) is 0 Å². The van der Waals surface area contributed by atoms with Gasteiger partial charge in [-0.15, -0.1) is 0 Å². The predicted molar refractivity (Wildman–Crippen MR) is 65.9 cm³/mol. The highest BCUT2D eigenvalue weighted by molar-refractivity contribution is 7.89. The van der Waals surface area contributed by atoms with Gasteiger partial charge in [0.25, 0.3) is 0 Å². The second kappa shape index (κ2) is 5.66. The van der Waals surface area contributed by atoms with Gasteiger partial charge in [-0.1, -0.05) is 12.1 Å². The number of hydrogen-bond acceptors (Lipinski definition) is 5. The van der Waals surface area contributed by atoms with Crippen LogP contribution in [-0.2, 0) is 10.0 Å². The van der Waals surface area contributed by atoms with Crippen LogP contribution in [0.3, 0.4) is 0 Å². The summed E-state index contributed by atoms with van der Waals surface area (Å²) in [6.07, 6.45) is 0. The number of sulfonamides is 1. The van der Waals surface area contributed by atoms with Crippen molar-refractivity contribution in [3.63, 3.8) is 0 Å².